The van der Waals surface area contributed by atoms with Crippen LogP contribution in [-0.4, -0.2) is 43.9 Å². The van der Waals surface area contributed by atoms with Crippen molar-refractivity contribution in [2.24, 2.45) is 0 Å². The van der Waals surface area contributed by atoms with Gasteiger partial charge in [-0.2, -0.15) is 11.8 Å². The molecule has 1 fully saturated rings. The second kappa shape index (κ2) is 7.73. The maximum absolute atomic E-state index is 6.18. The smallest absolute Gasteiger partial charge is 0.0587 e. The Bertz CT molecular complexity index is 468. The molecular weight excluding hydrogens is 304 g/mol. The lowest BCUT2D eigenvalue weighted by atomic mass is 10.1. The molecule has 1 saturated heterocycles. The molecule has 21 heavy (non-hydrogen) atoms. The Morgan fingerprint density at radius 2 is 2.24 bits per heavy atom. The highest BCUT2D eigenvalue weighted by molar-refractivity contribution is 8.00. The normalized spacial score (nSPS) is 18.0. The van der Waals surface area contributed by atoms with Crippen molar-refractivity contribution in [2.45, 2.75) is 25.1 Å². The SMILES string of the molecule is COCCNCc1cc(Cl)ccc1N1CCSC(C)(C)C1. The van der Waals surface area contributed by atoms with Crippen LogP contribution < -0.4 is 10.2 Å². The zero-order valence-electron chi connectivity index (χ0n) is 13.1. The van der Waals surface area contributed by atoms with Gasteiger partial charge in [-0.3, -0.25) is 0 Å². The van der Waals surface area contributed by atoms with Gasteiger partial charge in [0.1, 0.15) is 0 Å². The summed E-state index contributed by atoms with van der Waals surface area (Å²) in [5.41, 5.74) is 2.57. The number of hydrogen-bond donors (Lipinski definition) is 1. The number of nitrogens with zero attached hydrogens (tertiary/aromatic N) is 1. The van der Waals surface area contributed by atoms with Crippen LogP contribution in [0.5, 0.6) is 0 Å². The van der Waals surface area contributed by atoms with Gasteiger partial charge in [0, 0.05) is 54.5 Å². The van der Waals surface area contributed by atoms with Crippen molar-refractivity contribution in [2.75, 3.05) is 44.0 Å². The minimum Gasteiger partial charge on any atom is -0.383 e. The number of nitrogens with one attached hydrogen (secondary N) is 1. The van der Waals surface area contributed by atoms with Crippen molar-refractivity contribution in [3.63, 3.8) is 0 Å². The van der Waals surface area contributed by atoms with Crippen molar-refractivity contribution in [3.8, 4) is 0 Å². The van der Waals surface area contributed by atoms with Crippen molar-refractivity contribution in [1.82, 2.24) is 5.32 Å². The van der Waals surface area contributed by atoms with Crippen LogP contribution in [0.1, 0.15) is 19.4 Å². The number of hydrogen-bond acceptors (Lipinski definition) is 4. The van der Waals surface area contributed by atoms with E-state index in [1.807, 2.05) is 6.07 Å². The molecule has 1 aromatic carbocycles. The average molecular weight is 329 g/mol. The Kier molecular flexibility index (Phi) is 6.23. The highest BCUT2D eigenvalue weighted by Gasteiger charge is 2.28. The van der Waals surface area contributed by atoms with E-state index < -0.39 is 0 Å². The second-order valence-electron chi connectivity index (χ2n) is 5.97. The molecule has 1 heterocycles. The van der Waals surface area contributed by atoms with Crippen LogP contribution in [0, 0.1) is 0 Å². The summed E-state index contributed by atoms with van der Waals surface area (Å²) in [4.78, 5) is 2.49. The van der Waals surface area contributed by atoms with Gasteiger partial charge in [-0.1, -0.05) is 11.6 Å². The van der Waals surface area contributed by atoms with E-state index in [9.17, 15) is 0 Å². The molecule has 0 aromatic heterocycles. The number of ether oxygens (including phenoxy) is 1. The first-order valence-corrected chi connectivity index (χ1v) is 8.75. The topological polar surface area (TPSA) is 24.5 Å². The molecule has 0 aliphatic carbocycles. The van der Waals surface area contributed by atoms with Gasteiger partial charge >= 0.3 is 0 Å². The molecule has 0 radical (unpaired) electrons. The van der Waals surface area contributed by atoms with Crippen LogP contribution in [0.3, 0.4) is 0 Å². The first kappa shape index (κ1) is 16.9. The van der Waals surface area contributed by atoms with Gasteiger partial charge in [0.2, 0.25) is 0 Å². The van der Waals surface area contributed by atoms with E-state index in [4.69, 9.17) is 16.3 Å². The molecular formula is C16H25ClN2OS. The Labute approximate surface area is 137 Å². The summed E-state index contributed by atoms with van der Waals surface area (Å²) in [5, 5.41) is 4.21. The fraction of sp³-hybridized carbons (Fsp3) is 0.625. The zero-order valence-corrected chi connectivity index (χ0v) is 14.7. The maximum atomic E-state index is 6.18. The molecule has 1 aliphatic rings. The molecule has 118 valence electrons. The summed E-state index contributed by atoms with van der Waals surface area (Å²) >= 11 is 8.23. The summed E-state index contributed by atoms with van der Waals surface area (Å²) in [6.07, 6.45) is 0. The van der Waals surface area contributed by atoms with Crippen LogP contribution in [0.15, 0.2) is 18.2 Å². The van der Waals surface area contributed by atoms with Crippen molar-refractivity contribution < 1.29 is 4.74 Å². The molecule has 2 rings (SSSR count). The number of halogens is 1. The lowest BCUT2D eigenvalue weighted by Gasteiger charge is -2.39. The number of methoxy groups -OCH3 is 1. The average Bonchev–Trinajstić information content (AvgIpc) is 2.42. The molecule has 0 unspecified atom stereocenters. The number of anilines is 1. The predicted molar refractivity (Wildman–Crippen MR) is 93.8 cm³/mol. The molecule has 1 N–H and O–H groups in total. The van der Waals surface area contributed by atoms with E-state index in [1.54, 1.807) is 7.11 Å². The first-order valence-electron chi connectivity index (χ1n) is 7.39. The van der Waals surface area contributed by atoms with Crippen LogP contribution in [0.2, 0.25) is 5.02 Å². The quantitative estimate of drug-likeness (QED) is 0.809. The van der Waals surface area contributed by atoms with Gasteiger partial charge in [-0.25, -0.2) is 0 Å². The highest BCUT2D eigenvalue weighted by Crippen LogP contribution is 2.34. The lowest BCUT2D eigenvalue weighted by molar-refractivity contribution is 0.199. The van der Waals surface area contributed by atoms with Gasteiger partial charge in [0.05, 0.1) is 6.61 Å². The molecule has 5 heteroatoms. The predicted octanol–water partition coefficient (Wildman–Crippen LogP) is 3.41. The summed E-state index contributed by atoms with van der Waals surface area (Å²) in [6.45, 7) is 9.20. The van der Waals surface area contributed by atoms with Gasteiger partial charge in [-0.05, 0) is 37.6 Å². The van der Waals surface area contributed by atoms with Gasteiger partial charge in [0.15, 0.2) is 0 Å². The third kappa shape index (κ3) is 5.06. The van der Waals surface area contributed by atoms with Crippen LogP contribution in [0.4, 0.5) is 5.69 Å². The van der Waals surface area contributed by atoms with Crippen LogP contribution >= 0.6 is 23.4 Å². The van der Waals surface area contributed by atoms with Gasteiger partial charge in [-0.15, -0.1) is 0 Å². The lowest BCUT2D eigenvalue weighted by Crippen LogP contribution is -2.43. The fourth-order valence-electron chi connectivity index (χ4n) is 2.62. The Morgan fingerprint density at radius 3 is 2.95 bits per heavy atom. The third-order valence-corrected chi connectivity index (χ3v) is 5.14. The maximum Gasteiger partial charge on any atom is 0.0587 e. The van der Waals surface area contributed by atoms with Gasteiger partial charge in [0.25, 0.3) is 0 Å². The van der Waals surface area contributed by atoms with Crippen molar-refractivity contribution >= 4 is 29.1 Å². The van der Waals surface area contributed by atoms with E-state index >= 15 is 0 Å². The molecule has 3 nitrogen and oxygen atoms in total. The van der Waals surface area contributed by atoms with E-state index in [0.29, 0.717) is 4.75 Å². The monoisotopic (exact) mass is 328 g/mol. The molecule has 0 spiro atoms. The number of rotatable bonds is 6. The zero-order chi connectivity index (χ0) is 15.3. The molecule has 1 aliphatic heterocycles. The summed E-state index contributed by atoms with van der Waals surface area (Å²) in [6, 6.07) is 6.22. The molecule has 0 amide bonds. The summed E-state index contributed by atoms with van der Waals surface area (Å²) in [7, 11) is 1.72. The van der Waals surface area contributed by atoms with Gasteiger partial charge < -0.3 is 15.0 Å². The molecule has 0 bridgehead atoms. The van der Waals surface area contributed by atoms with Crippen LogP contribution in [0.25, 0.3) is 0 Å². The highest BCUT2D eigenvalue weighted by atomic mass is 35.5. The van der Waals surface area contributed by atoms with Crippen molar-refractivity contribution in [1.29, 1.82) is 0 Å². The van der Waals surface area contributed by atoms with E-state index in [-0.39, 0.29) is 0 Å². The Hall–Kier alpha value is -0.420. The van der Waals surface area contributed by atoms with E-state index in [1.165, 1.54) is 17.0 Å². The molecule has 0 saturated carbocycles. The summed E-state index contributed by atoms with van der Waals surface area (Å²) in [5.74, 6) is 1.17. The fourth-order valence-corrected chi connectivity index (χ4v) is 3.93. The number of benzene rings is 1. The summed E-state index contributed by atoms with van der Waals surface area (Å²) < 4.78 is 5.38. The van der Waals surface area contributed by atoms with Crippen LogP contribution in [-0.2, 0) is 11.3 Å². The second-order valence-corrected chi connectivity index (χ2v) is 8.21. The molecule has 0 atom stereocenters. The van der Waals surface area contributed by atoms with E-state index in [2.05, 4.69) is 48.0 Å². The van der Waals surface area contributed by atoms with E-state index in [0.717, 1.165) is 37.8 Å². The standard InChI is InChI=1S/C16H25ClN2OS/c1-16(2)12-19(7-9-21-16)15-5-4-14(17)10-13(15)11-18-6-8-20-3/h4-5,10,18H,6-9,11-12H2,1-3H3. The Morgan fingerprint density at radius 1 is 1.43 bits per heavy atom. The molecule has 1 aromatic rings. The number of thioether (sulfide) groups is 1. The third-order valence-electron chi connectivity index (χ3n) is 3.61. The Balaban J connectivity index is 2.10. The minimum atomic E-state index is 0.304. The minimum absolute atomic E-state index is 0.304. The largest absolute Gasteiger partial charge is 0.383 e. The van der Waals surface area contributed by atoms with Crippen molar-refractivity contribution in [3.05, 3.63) is 28.8 Å². The first-order chi connectivity index (χ1) is 10.0.